The van der Waals surface area contributed by atoms with Gasteiger partial charge in [0.15, 0.2) is 0 Å². The summed E-state index contributed by atoms with van der Waals surface area (Å²) < 4.78 is 35.5. The fourth-order valence-electron chi connectivity index (χ4n) is 1.08. The van der Waals surface area contributed by atoms with E-state index in [-0.39, 0.29) is 17.2 Å². The van der Waals surface area contributed by atoms with Crippen LogP contribution < -0.4 is 5.32 Å². The molecule has 0 saturated heterocycles. The van der Waals surface area contributed by atoms with Crippen LogP contribution in [0.5, 0.6) is 0 Å². The lowest BCUT2D eigenvalue weighted by Gasteiger charge is -2.06. The molecule has 0 unspecified atom stereocenters. The van der Waals surface area contributed by atoms with Crippen molar-refractivity contribution in [2.24, 2.45) is 0 Å². The van der Waals surface area contributed by atoms with E-state index >= 15 is 0 Å². The van der Waals surface area contributed by atoms with Gasteiger partial charge in [-0.05, 0) is 12.1 Å². The molecule has 106 valence electrons. The molecule has 0 aliphatic carbocycles. The zero-order valence-corrected chi connectivity index (χ0v) is 11.1. The number of carboxylic acids is 1. The number of rotatable bonds is 6. The summed E-state index contributed by atoms with van der Waals surface area (Å²) in [6, 6.07) is 2.96. The van der Waals surface area contributed by atoms with Gasteiger partial charge >= 0.3 is 12.1 Å². The molecule has 0 fully saturated rings. The van der Waals surface area contributed by atoms with E-state index in [1.807, 2.05) is 0 Å². The maximum atomic E-state index is 11.8. The molecule has 1 aromatic rings. The van der Waals surface area contributed by atoms with Crippen molar-refractivity contribution in [3.05, 3.63) is 21.9 Å². The van der Waals surface area contributed by atoms with E-state index in [1.165, 1.54) is 6.07 Å². The Bertz CT molecular complexity index is 459. The minimum absolute atomic E-state index is 0.114. The summed E-state index contributed by atoms with van der Waals surface area (Å²) in [7, 11) is 0. The monoisotopic (exact) mass is 313 g/mol. The largest absolute Gasteiger partial charge is 0.477 e. The summed E-state index contributed by atoms with van der Waals surface area (Å²) in [5, 5.41) is 11.1. The molecule has 1 amide bonds. The van der Waals surface area contributed by atoms with E-state index in [0.717, 1.165) is 11.3 Å². The van der Waals surface area contributed by atoms with Gasteiger partial charge in [-0.25, -0.2) is 4.79 Å². The molecule has 1 rings (SSSR count). The molecule has 1 aromatic heterocycles. The van der Waals surface area contributed by atoms with Gasteiger partial charge in [-0.1, -0.05) is 0 Å². The van der Waals surface area contributed by atoms with Crippen LogP contribution in [0.25, 0.3) is 0 Å². The average Bonchev–Trinajstić information content (AvgIpc) is 2.73. The van der Waals surface area contributed by atoms with Gasteiger partial charge in [0, 0.05) is 4.88 Å². The Balaban J connectivity index is 2.28. The first kappa shape index (κ1) is 15.8. The predicted molar refractivity (Wildman–Crippen MR) is 66.5 cm³/mol. The third-order valence-corrected chi connectivity index (χ3v) is 3.90. The lowest BCUT2D eigenvalue weighted by molar-refractivity contribution is -0.118. The molecule has 0 aliphatic heterocycles. The van der Waals surface area contributed by atoms with Crippen LogP contribution >= 0.6 is 23.1 Å². The van der Waals surface area contributed by atoms with Crippen LogP contribution in [0.4, 0.5) is 13.2 Å². The van der Waals surface area contributed by atoms with Gasteiger partial charge in [0.2, 0.25) is 5.91 Å². The van der Waals surface area contributed by atoms with Gasteiger partial charge in [-0.2, -0.15) is 13.2 Å². The van der Waals surface area contributed by atoms with Crippen molar-refractivity contribution in [3.8, 4) is 0 Å². The summed E-state index contributed by atoms with van der Waals surface area (Å²) in [5.74, 6) is -2.91. The fraction of sp³-hybridized carbons (Fsp3) is 0.400. The Hall–Kier alpha value is -1.22. The fourth-order valence-corrected chi connectivity index (χ4v) is 2.49. The van der Waals surface area contributed by atoms with Crippen LogP contribution in [-0.2, 0) is 11.3 Å². The molecule has 0 saturated carbocycles. The predicted octanol–water partition coefficient (Wildman–Crippen LogP) is 2.36. The average molecular weight is 313 g/mol. The topological polar surface area (TPSA) is 66.4 Å². The molecule has 9 heteroatoms. The maximum absolute atomic E-state index is 11.8. The number of alkyl halides is 3. The molecular formula is C10H10F3NO3S2. The highest BCUT2D eigenvalue weighted by Gasteiger charge is 2.27. The van der Waals surface area contributed by atoms with Crippen LogP contribution in [-0.4, -0.2) is 34.7 Å². The number of hydrogen-bond acceptors (Lipinski definition) is 4. The molecule has 2 N–H and O–H groups in total. The second-order valence-electron chi connectivity index (χ2n) is 3.46. The smallest absolute Gasteiger partial charge is 0.397 e. The summed E-state index contributed by atoms with van der Waals surface area (Å²) in [4.78, 5) is 22.6. The Labute approximate surface area is 115 Å². The Morgan fingerprint density at radius 1 is 1.37 bits per heavy atom. The highest BCUT2D eigenvalue weighted by atomic mass is 32.2. The molecule has 1 heterocycles. The molecule has 0 aliphatic rings. The van der Waals surface area contributed by atoms with Crippen LogP contribution in [0.3, 0.4) is 0 Å². The van der Waals surface area contributed by atoms with Crippen molar-refractivity contribution in [1.82, 2.24) is 5.32 Å². The van der Waals surface area contributed by atoms with Crippen LogP contribution in [0.2, 0.25) is 0 Å². The molecule has 0 spiro atoms. The maximum Gasteiger partial charge on any atom is 0.397 e. The van der Waals surface area contributed by atoms with E-state index in [1.54, 1.807) is 6.07 Å². The van der Waals surface area contributed by atoms with Crippen molar-refractivity contribution < 1.29 is 27.9 Å². The lowest BCUT2D eigenvalue weighted by Crippen LogP contribution is -2.25. The van der Waals surface area contributed by atoms with E-state index in [0.29, 0.717) is 16.6 Å². The highest BCUT2D eigenvalue weighted by molar-refractivity contribution is 8.00. The van der Waals surface area contributed by atoms with Crippen molar-refractivity contribution in [2.75, 3.05) is 11.5 Å². The quantitative estimate of drug-likeness (QED) is 0.846. The van der Waals surface area contributed by atoms with Crippen LogP contribution in [0.15, 0.2) is 12.1 Å². The Morgan fingerprint density at radius 3 is 2.58 bits per heavy atom. The molecule has 0 aromatic carbocycles. The van der Waals surface area contributed by atoms with Gasteiger partial charge in [0.25, 0.3) is 0 Å². The van der Waals surface area contributed by atoms with E-state index < -0.39 is 23.8 Å². The number of thioether (sulfide) groups is 1. The number of carbonyl (C=O) groups is 2. The zero-order valence-electron chi connectivity index (χ0n) is 9.49. The Kier molecular flexibility index (Phi) is 5.67. The number of carboxylic acid groups (broad SMARTS) is 1. The SMILES string of the molecule is O=C(CSCC(F)(F)F)NCc1ccc(C(=O)O)s1. The van der Waals surface area contributed by atoms with Gasteiger partial charge in [-0.3, -0.25) is 4.79 Å². The number of amides is 1. The van der Waals surface area contributed by atoms with E-state index in [9.17, 15) is 22.8 Å². The molecule has 4 nitrogen and oxygen atoms in total. The van der Waals surface area contributed by atoms with E-state index in [2.05, 4.69) is 5.32 Å². The van der Waals surface area contributed by atoms with Crippen molar-refractivity contribution >= 4 is 35.0 Å². The highest BCUT2D eigenvalue weighted by Crippen LogP contribution is 2.21. The van der Waals surface area contributed by atoms with Gasteiger partial charge in [0.1, 0.15) is 4.88 Å². The van der Waals surface area contributed by atoms with Crippen LogP contribution in [0, 0.1) is 0 Å². The van der Waals surface area contributed by atoms with E-state index in [4.69, 9.17) is 5.11 Å². The first-order chi connectivity index (χ1) is 8.78. The third-order valence-electron chi connectivity index (χ3n) is 1.83. The van der Waals surface area contributed by atoms with Crippen molar-refractivity contribution in [1.29, 1.82) is 0 Å². The second-order valence-corrected chi connectivity index (χ2v) is 5.61. The number of thiophene rings is 1. The van der Waals surface area contributed by atoms with Crippen LogP contribution in [0.1, 0.15) is 14.5 Å². The molecule has 19 heavy (non-hydrogen) atoms. The van der Waals surface area contributed by atoms with Gasteiger partial charge in [0.05, 0.1) is 18.1 Å². The zero-order chi connectivity index (χ0) is 14.5. The summed E-state index contributed by atoms with van der Waals surface area (Å²) in [5.41, 5.74) is 0. The standard InChI is InChI=1S/C10H10F3NO3S2/c11-10(12,13)5-18-4-8(15)14-3-6-1-2-7(19-6)9(16)17/h1-2H,3-5H2,(H,14,15)(H,16,17). The minimum atomic E-state index is -4.28. The molecule has 0 bridgehead atoms. The number of nitrogens with one attached hydrogen (secondary N) is 1. The number of carbonyl (C=O) groups excluding carboxylic acids is 1. The first-order valence-electron chi connectivity index (χ1n) is 5.01. The number of hydrogen-bond donors (Lipinski definition) is 2. The number of aromatic carboxylic acids is 1. The van der Waals surface area contributed by atoms with Crippen molar-refractivity contribution in [3.63, 3.8) is 0 Å². The van der Waals surface area contributed by atoms with Gasteiger partial charge in [-0.15, -0.1) is 23.1 Å². The molecular weight excluding hydrogens is 303 g/mol. The number of halogens is 3. The summed E-state index contributed by atoms with van der Waals surface area (Å²) in [6.07, 6.45) is -4.28. The molecule has 0 radical (unpaired) electrons. The summed E-state index contributed by atoms with van der Waals surface area (Å²) >= 11 is 1.50. The first-order valence-corrected chi connectivity index (χ1v) is 6.98. The van der Waals surface area contributed by atoms with Gasteiger partial charge < -0.3 is 10.4 Å². The minimum Gasteiger partial charge on any atom is -0.477 e. The Morgan fingerprint density at radius 2 is 2.05 bits per heavy atom. The molecule has 0 atom stereocenters. The summed E-state index contributed by atoms with van der Waals surface area (Å²) in [6.45, 7) is 0.114. The lowest BCUT2D eigenvalue weighted by atomic mass is 10.4. The second kappa shape index (κ2) is 6.80. The third kappa shape index (κ3) is 6.48. The van der Waals surface area contributed by atoms with Crippen molar-refractivity contribution in [2.45, 2.75) is 12.7 Å². The normalized spacial score (nSPS) is 11.3.